The van der Waals surface area contributed by atoms with E-state index in [0.717, 1.165) is 5.56 Å². The van der Waals surface area contributed by atoms with E-state index in [1.807, 2.05) is 0 Å². The molecule has 0 bridgehead atoms. The summed E-state index contributed by atoms with van der Waals surface area (Å²) in [5.41, 5.74) is 7.19. The zero-order valence-corrected chi connectivity index (χ0v) is 12.3. The maximum atomic E-state index is 12.1. The molecule has 0 unspecified atom stereocenters. The molecule has 1 aromatic carbocycles. The van der Waals surface area contributed by atoms with Crippen LogP contribution in [0.15, 0.2) is 36.8 Å². The number of hydrogen-bond acceptors (Lipinski definition) is 5. The first-order chi connectivity index (χ1) is 11.0. The Balaban J connectivity index is 1.94. The zero-order valence-electron chi connectivity index (χ0n) is 12.3. The summed E-state index contributed by atoms with van der Waals surface area (Å²) in [5, 5.41) is 20.8. The van der Waals surface area contributed by atoms with Crippen LogP contribution in [0.2, 0.25) is 0 Å². The number of H-pyrrole nitrogens is 1. The second kappa shape index (κ2) is 7.41. The van der Waals surface area contributed by atoms with Gasteiger partial charge in [0, 0.05) is 18.3 Å². The van der Waals surface area contributed by atoms with Crippen molar-refractivity contribution in [2.24, 2.45) is 5.73 Å². The van der Waals surface area contributed by atoms with E-state index in [1.54, 1.807) is 12.1 Å². The normalized spacial score (nSPS) is 13.3. The summed E-state index contributed by atoms with van der Waals surface area (Å²) in [7, 11) is 0. The van der Waals surface area contributed by atoms with Gasteiger partial charge < -0.3 is 26.2 Å². The van der Waals surface area contributed by atoms with Crippen LogP contribution in [0.3, 0.4) is 0 Å². The zero-order chi connectivity index (χ0) is 16.8. The standard InChI is InChI=1S/C15H18N4O4/c16-12(5-9-1-3-11(20)4-2-9)14(21)19-13(15(22)23)6-10-7-17-8-18-10/h1-4,7-8,12-13,20H,5-6,16H2,(H,17,18)(H,19,21)(H,22,23)/t12-,13+/m0/s1. The molecule has 8 heteroatoms. The summed E-state index contributed by atoms with van der Waals surface area (Å²) in [6.45, 7) is 0. The Labute approximate surface area is 132 Å². The summed E-state index contributed by atoms with van der Waals surface area (Å²) in [6, 6.07) is 4.33. The van der Waals surface area contributed by atoms with Gasteiger partial charge in [0.25, 0.3) is 0 Å². The topological polar surface area (TPSA) is 141 Å². The number of nitrogens with two attached hydrogens (primary N) is 1. The SMILES string of the molecule is N[C@@H](Cc1ccc(O)cc1)C(=O)N[C@H](Cc1cnc[nH]1)C(=O)O. The Hall–Kier alpha value is -2.87. The van der Waals surface area contributed by atoms with Crippen molar-refractivity contribution < 1.29 is 19.8 Å². The Bertz CT molecular complexity index is 655. The lowest BCUT2D eigenvalue weighted by Crippen LogP contribution is -2.50. The molecule has 23 heavy (non-hydrogen) atoms. The molecule has 0 saturated heterocycles. The molecule has 0 radical (unpaired) electrons. The Morgan fingerprint density at radius 2 is 1.96 bits per heavy atom. The molecule has 1 aromatic heterocycles. The molecule has 6 N–H and O–H groups in total. The number of carboxylic acid groups (broad SMARTS) is 1. The number of rotatable bonds is 7. The molecule has 0 fully saturated rings. The summed E-state index contributed by atoms with van der Waals surface area (Å²) in [6.07, 6.45) is 3.26. The highest BCUT2D eigenvalue weighted by molar-refractivity contribution is 5.87. The van der Waals surface area contributed by atoms with Gasteiger partial charge in [-0.05, 0) is 24.1 Å². The third kappa shape index (κ3) is 4.82. The van der Waals surface area contributed by atoms with Crippen molar-refractivity contribution in [3.8, 4) is 5.75 Å². The van der Waals surface area contributed by atoms with Crippen molar-refractivity contribution >= 4 is 11.9 Å². The van der Waals surface area contributed by atoms with Crippen molar-refractivity contribution in [1.82, 2.24) is 15.3 Å². The molecular weight excluding hydrogens is 300 g/mol. The van der Waals surface area contributed by atoms with Crippen molar-refractivity contribution in [1.29, 1.82) is 0 Å². The van der Waals surface area contributed by atoms with Crippen molar-refractivity contribution in [2.75, 3.05) is 0 Å². The van der Waals surface area contributed by atoms with Crippen LogP contribution >= 0.6 is 0 Å². The molecule has 2 rings (SSSR count). The highest BCUT2D eigenvalue weighted by Crippen LogP contribution is 2.11. The molecule has 122 valence electrons. The van der Waals surface area contributed by atoms with Crippen molar-refractivity contribution in [2.45, 2.75) is 24.9 Å². The van der Waals surface area contributed by atoms with Gasteiger partial charge in [0.1, 0.15) is 11.8 Å². The average Bonchev–Trinajstić information content (AvgIpc) is 3.01. The highest BCUT2D eigenvalue weighted by Gasteiger charge is 2.24. The number of phenolic OH excluding ortho intramolecular Hbond substituents is 1. The fourth-order valence-corrected chi connectivity index (χ4v) is 2.07. The van der Waals surface area contributed by atoms with E-state index < -0.39 is 24.0 Å². The van der Waals surface area contributed by atoms with E-state index in [1.165, 1.54) is 24.7 Å². The molecular formula is C15H18N4O4. The number of aromatic amines is 1. The van der Waals surface area contributed by atoms with Gasteiger partial charge in [-0.1, -0.05) is 12.1 Å². The summed E-state index contributed by atoms with van der Waals surface area (Å²) in [4.78, 5) is 29.9. The Morgan fingerprint density at radius 3 is 2.52 bits per heavy atom. The van der Waals surface area contributed by atoms with E-state index in [4.69, 9.17) is 5.73 Å². The lowest BCUT2D eigenvalue weighted by molar-refractivity contribution is -0.142. The van der Waals surface area contributed by atoms with Gasteiger partial charge in [-0.15, -0.1) is 0 Å². The molecule has 2 atom stereocenters. The number of imidazole rings is 1. The van der Waals surface area contributed by atoms with Gasteiger partial charge >= 0.3 is 5.97 Å². The smallest absolute Gasteiger partial charge is 0.326 e. The number of carbonyl (C=O) groups excluding carboxylic acids is 1. The van der Waals surface area contributed by atoms with Gasteiger partial charge in [0.2, 0.25) is 5.91 Å². The number of amides is 1. The number of hydrogen-bond donors (Lipinski definition) is 5. The molecule has 0 saturated carbocycles. The minimum atomic E-state index is -1.15. The van der Waals surface area contributed by atoms with Crippen LogP contribution in [0.1, 0.15) is 11.3 Å². The minimum Gasteiger partial charge on any atom is -0.508 e. The number of aromatic hydroxyl groups is 1. The largest absolute Gasteiger partial charge is 0.508 e. The van der Waals surface area contributed by atoms with Gasteiger partial charge in [-0.25, -0.2) is 9.78 Å². The maximum absolute atomic E-state index is 12.1. The van der Waals surface area contributed by atoms with Crippen molar-refractivity contribution in [3.05, 3.63) is 48.0 Å². The minimum absolute atomic E-state index is 0.0903. The van der Waals surface area contributed by atoms with Gasteiger partial charge in [0.05, 0.1) is 12.4 Å². The fraction of sp³-hybridized carbons (Fsp3) is 0.267. The second-order valence-electron chi connectivity index (χ2n) is 5.16. The first-order valence-corrected chi connectivity index (χ1v) is 6.99. The van der Waals surface area contributed by atoms with E-state index in [2.05, 4.69) is 15.3 Å². The predicted octanol–water partition coefficient (Wildman–Crippen LogP) is -0.203. The molecule has 1 heterocycles. The molecule has 2 aromatic rings. The van der Waals surface area contributed by atoms with Gasteiger partial charge in [-0.2, -0.15) is 0 Å². The van der Waals surface area contributed by atoms with Crippen LogP contribution in [-0.4, -0.2) is 44.1 Å². The molecule has 0 aliphatic carbocycles. The van der Waals surface area contributed by atoms with Crippen LogP contribution < -0.4 is 11.1 Å². The quantitative estimate of drug-likeness (QED) is 0.478. The number of benzene rings is 1. The number of phenols is 1. The lowest BCUT2D eigenvalue weighted by atomic mass is 10.0. The van der Waals surface area contributed by atoms with Crippen LogP contribution in [0.25, 0.3) is 0 Å². The number of nitrogens with zero attached hydrogens (tertiary/aromatic N) is 1. The Kier molecular flexibility index (Phi) is 5.32. The average molecular weight is 318 g/mol. The first kappa shape index (κ1) is 16.5. The van der Waals surface area contributed by atoms with Crippen LogP contribution in [-0.2, 0) is 22.4 Å². The monoisotopic (exact) mass is 318 g/mol. The molecule has 0 spiro atoms. The number of aromatic nitrogens is 2. The lowest BCUT2D eigenvalue weighted by Gasteiger charge is -2.17. The highest BCUT2D eigenvalue weighted by atomic mass is 16.4. The predicted molar refractivity (Wildman–Crippen MR) is 81.6 cm³/mol. The summed E-state index contributed by atoms with van der Waals surface area (Å²) in [5.74, 6) is -1.58. The number of carbonyl (C=O) groups is 2. The van der Waals surface area contributed by atoms with E-state index in [9.17, 15) is 19.8 Å². The molecule has 0 aliphatic rings. The van der Waals surface area contributed by atoms with Crippen LogP contribution in [0, 0.1) is 0 Å². The molecule has 1 amide bonds. The number of nitrogens with one attached hydrogen (secondary N) is 2. The molecule has 8 nitrogen and oxygen atoms in total. The second-order valence-corrected chi connectivity index (χ2v) is 5.16. The molecule has 0 aliphatic heterocycles. The first-order valence-electron chi connectivity index (χ1n) is 6.99. The van der Waals surface area contributed by atoms with Gasteiger partial charge in [-0.3, -0.25) is 4.79 Å². The van der Waals surface area contributed by atoms with E-state index in [-0.39, 0.29) is 18.6 Å². The van der Waals surface area contributed by atoms with Crippen molar-refractivity contribution in [3.63, 3.8) is 0 Å². The van der Waals surface area contributed by atoms with Gasteiger partial charge in [0.15, 0.2) is 0 Å². The Morgan fingerprint density at radius 1 is 1.26 bits per heavy atom. The third-order valence-corrected chi connectivity index (χ3v) is 3.32. The third-order valence-electron chi connectivity index (χ3n) is 3.32. The number of carboxylic acids is 1. The van der Waals surface area contributed by atoms with E-state index >= 15 is 0 Å². The maximum Gasteiger partial charge on any atom is 0.326 e. The van der Waals surface area contributed by atoms with E-state index in [0.29, 0.717) is 5.69 Å². The van der Waals surface area contributed by atoms with Crippen LogP contribution in [0.4, 0.5) is 0 Å². The van der Waals surface area contributed by atoms with Crippen LogP contribution in [0.5, 0.6) is 5.75 Å². The number of aliphatic carboxylic acids is 1. The summed E-state index contributed by atoms with van der Waals surface area (Å²) < 4.78 is 0. The summed E-state index contributed by atoms with van der Waals surface area (Å²) >= 11 is 0. The fourth-order valence-electron chi connectivity index (χ4n) is 2.07.